The van der Waals surface area contributed by atoms with E-state index >= 15 is 0 Å². The normalized spacial score (nSPS) is 15.8. The topological polar surface area (TPSA) is 87.2 Å². The van der Waals surface area contributed by atoms with Gasteiger partial charge in [0.1, 0.15) is 5.01 Å². The highest BCUT2D eigenvalue weighted by molar-refractivity contribution is 7.13. The van der Waals surface area contributed by atoms with Crippen LogP contribution in [0, 0.1) is 11.6 Å². The predicted octanol–water partition coefficient (Wildman–Crippen LogP) is 4.44. The van der Waals surface area contributed by atoms with Crippen LogP contribution in [0.3, 0.4) is 0 Å². The number of urea groups is 1. The summed E-state index contributed by atoms with van der Waals surface area (Å²) in [5, 5.41) is 13.9. The highest BCUT2D eigenvalue weighted by Crippen LogP contribution is 2.34. The molecular weight excluding hydrogens is 412 g/mol. The number of hydrogen-bond donors (Lipinski definition) is 2. The minimum Gasteiger partial charge on any atom is -0.320 e. The number of halogens is 2. The lowest BCUT2D eigenvalue weighted by atomic mass is 10.2. The number of carbonyl (C=O) groups is 2. The Bertz CT molecular complexity index is 1080. The molecule has 154 valence electrons. The summed E-state index contributed by atoms with van der Waals surface area (Å²) in [4.78, 5) is 26.7. The Morgan fingerprint density at radius 1 is 1.00 bits per heavy atom. The number of para-hydroxylation sites is 1. The molecule has 3 amide bonds. The number of hydrogen-bond acceptors (Lipinski definition) is 5. The number of likely N-dealkylation sites (tertiary alicyclic amines) is 1. The van der Waals surface area contributed by atoms with Crippen molar-refractivity contribution in [2.45, 2.75) is 18.9 Å². The van der Waals surface area contributed by atoms with Gasteiger partial charge in [-0.1, -0.05) is 29.5 Å². The minimum absolute atomic E-state index is 0.0741. The summed E-state index contributed by atoms with van der Waals surface area (Å²) in [6.45, 7) is 0.569. The van der Waals surface area contributed by atoms with Crippen molar-refractivity contribution in [1.29, 1.82) is 0 Å². The Labute approximate surface area is 174 Å². The van der Waals surface area contributed by atoms with Crippen LogP contribution in [0.4, 0.5) is 25.0 Å². The molecule has 1 fully saturated rings. The number of aromatic nitrogens is 2. The summed E-state index contributed by atoms with van der Waals surface area (Å²) in [7, 11) is 0. The monoisotopic (exact) mass is 429 g/mol. The molecule has 1 aliphatic heterocycles. The molecule has 1 saturated heterocycles. The largest absolute Gasteiger partial charge is 0.322 e. The molecule has 0 radical (unpaired) electrons. The lowest BCUT2D eigenvalue weighted by Gasteiger charge is -2.23. The second-order valence-corrected chi connectivity index (χ2v) is 7.69. The van der Waals surface area contributed by atoms with E-state index in [4.69, 9.17) is 0 Å². The molecule has 30 heavy (non-hydrogen) atoms. The summed E-state index contributed by atoms with van der Waals surface area (Å²) in [5.41, 5.74) is 0.803. The van der Waals surface area contributed by atoms with Crippen LogP contribution >= 0.6 is 11.3 Å². The summed E-state index contributed by atoms with van der Waals surface area (Å²) >= 11 is 1.07. The highest BCUT2D eigenvalue weighted by Gasteiger charge is 2.33. The van der Waals surface area contributed by atoms with Crippen molar-refractivity contribution in [2.75, 3.05) is 17.2 Å². The first-order chi connectivity index (χ1) is 14.5. The maximum Gasteiger partial charge on any atom is 0.322 e. The van der Waals surface area contributed by atoms with Crippen LogP contribution < -0.4 is 10.6 Å². The van der Waals surface area contributed by atoms with E-state index in [-0.39, 0.29) is 22.8 Å². The molecular formula is C20H17F2N5O2S. The summed E-state index contributed by atoms with van der Waals surface area (Å²) < 4.78 is 26.3. The molecule has 0 saturated carbocycles. The van der Waals surface area contributed by atoms with Crippen LogP contribution in [0.25, 0.3) is 0 Å². The van der Waals surface area contributed by atoms with Crippen molar-refractivity contribution in [3.8, 4) is 0 Å². The second kappa shape index (κ2) is 8.54. The molecule has 1 aliphatic rings. The van der Waals surface area contributed by atoms with Gasteiger partial charge in [0.25, 0.3) is 5.91 Å². The van der Waals surface area contributed by atoms with Gasteiger partial charge in [0.15, 0.2) is 11.6 Å². The molecule has 1 atom stereocenters. The van der Waals surface area contributed by atoms with Gasteiger partial charge in [-0.25, -0.2) is 13.6 Å². The number of carbonyl (C=O) groups excluding carboxylic acids is 2. The third-order valence-corrected chi connectivity index (χ3v) is 5.66. The number of rotatable bonds is 4. The maximum atomic E-state index is 13.3. The molecule has 0 spiro atoms. The molecule has 2 aromatic carbocycles. The van der Waals surface area contributed by atoms with Gasteiger partial charge in [0.2, 0.25) is 5.01 Å². The summed E-state index contributed by atoms with van der Waals surface area (Å²) in [6, 6.07) is 11.7. The average molecular weight is 429 g/mol. The van der Waals surface area contributed by atoms with Gasteiger partial charge in [0, 0.05) is 24.0 Å². The fraction of sp³-hybridized carbons (Fsp3) is 0.200. The zero-order valence-electron chi connectivity index (χ0n) is 15.6. The molecule has 10 heteroatoms. The standard InChI is InChI=1S/C20H17F2N5O2S/c21-14-9-8-13(11-15(14)22)23-17(28)19-26-25-18(30-19)16-7-4-10-27(16)20(29)24-12-5-2-1-3-6-12/h1-3,5-6,8-9,11,16H,4,7,10H2,(H,23,28)(H,24,29)/t16-/m0/s1. The summed E-state index contributed by atoms with van der Waals surface area (Å²) in [5.74, 6) is -2.64. The van der Waals surface area contributed by atoms with Gasteiger partial charge >= 0.3 is 6.03 Å². The van der Waals surface area contributed by atoms with Crippen molar-refractivity contribution >= 4 is 34.6 Å². The van der Waals surface area contributed by atoms with Crippen LogP contribution in [0.2, 0.25) is 0 Å². The van der Waals surface area contributed by atoms with Crippen molar-refractivity contribution < 1.29 is 18.4 Å². The van der Waals surface area contributed by atoms with Crippen LogP contribution in [0.1, 0.15) is 33.7 Å². The van der Waals surface area contributed by atoms with E-state index in [1.807, 2.05) is 18.2 Å². The van der Waals surface area contributed by atoms with Gasteiger partial charge < -0.3 is 15.5 Å². The molecule has 2 N–H and O–H groups in total. The zero-order valence-corrected chi connectivity index (χ0v) is 16.5. The van der Waals surface area contributed by atoms with E-state index in [9.17, 15) is 18.4 Å². The number of nitrogens with zero attached hydrogens (tertiary/aromatic N) is 3. The van der Waals surface area contributed by atoms with Gasteiger partial charge in [-0.2, -0.15) is 0 Å². The number of benzene rings is 2. The highest BCUT2D eigenvalue weighted by atomic mass is 32.1. The third-order valence-electron chi connectivity index (χ3n) is 4.64. The van der Waals surface area contributed by atoms with Crippen LogP contribution in [-0.2, 0) is 0 Å². The number of amides is 3. The predicted molar refractivity (Wildman–Crippen MR) is 108 cm³/mol. The van der Waals surface area contributed by atoms with Gasteiger partial charge in [-0.15, -0.1) is 10.2 Å². The lowest BCUT2D eigenvalue weighted by molar-refractivity contribution is 0.102. The molecule has 7 nitrogen and oxygen atoms in total. The number of nitrogens with one attached hydrogen (secondary N) is 2. The molecule has 4 rings (SSSR count). The van der Waals surface area contributed by atoms with Crippen molar-refractivity contribution in [1.82, 2.24) is 15.1 Å². The van der Waals surface area contributed by atoms with E-state index in [1.54, 1.807) is 17.0 Å². The first kappa shape index (κ1) is 19.9. The first-order valence-electron chi connectivity index (χ1n) is 9.24. The Balaban J connectivity index is 1.45. The smallest absolute Gasteiger partial charge is 0.320 e. The van der Waals surface area contributed by atoms with E-state index in [2.05, 4.69) is 20.8 Å². The maximum absolute atomic E-state index is 13.3. The Morgan fingerprint density at radius 2 is 1.80 bits per heavy atom. The van der Waals surface area contributed by atoms with E-state index in [0.29, 0.717) is 23.7 Å². The Kier molecular flexibility index (Phi) is 5.66. The van der Waals surface area contributed by atoms with Crippen LogP contribution in [-0.4, -0.2) is 33.6 Å². The van der Waals surface area contributed by atoms with E-state index in [1.165, 1.54) is 6.07 Å². The van der Waals surface area contributed by atoms with Crippen molar-refractivity contribution in [3.63, 3.8) is 0 Å². The Morgan fingerprint density at radius 3 is 2.57 bits per heavy atom. The van der Waals surface area contributed by atoms with Crippen LogP contribution in [0.5, 0.6) is 0 Å². The minimum atomic E-state index is -1.06. The fourth-order valence-electron chi connectivity index (χ4n) is 3.20. The molecule has 2 heterocycles. The SMILES string of the molecule is O=C(Nc1ccc(F)c(F)c1)c1nnc([C@@H]2CCCN2C(=O)Nc2ccccc2)s1. The third kappa shape index (κ3) is 4.28. The number of anilines is 2. The molecule has 0 bridgehead atoms. The second-order valence-electron chi connectivity index (χ2n) is 6.68. The summed E-state index contributed by atoms with van der Waals surface area (Å²) in [6.07, 6.45) is 1.52. The van der Waals surface area contributed by atoms with Gasteiger partial charge in [-0.05, 0) is 37.1 Å². The van der Waals surface area contributed by atoms with E-state index in [0.717, 1.165) is 29.9 Å². The molecule has 0 unspecified atom stereocenters. The van der Waals surface area contributed by atoms with E-state index < -0.39 is 17.5 Å². The van der Waals surface area contributed by atoms with Crippen molar-refractivity contribution in [2.24, 2.45) is 0 Å². The first-order valence-corrected chi connectivity index (χ1v) is 10.1. The van der Waals surface area contributed by atoms with Gasteiger partial charge in [-0.3, -0.25) is 4.79 Å². The fourth-order valence-corrected chi connectivity index (χ4v) is 4.09. The quantitative estimate of drug-likeness (QED) is 0.642. The molecule has 0 aliphatic carbocycles. The molecule has 3 aromatic rings. The van der Waals surface area contributed by atoms with Crippen LogP contribution in [0.15, 0.2) is 48.5 Å². The van der Waals surface area contributed by atoms with Crippen molar-refractivity contribution in [3.05, 3.63) is 70.2 Å². The molecule has 1 aromatic heterocycles. The lowest BCUT2D eigenvalue weighted by Crippen LogP contribution is -2.34. The Hall–Kier alpha value is -3.40. The average Bonchev–Trinajstić information content (AvgIpc) is 3.41. The zero-order chi connectivity index (χ0) is 21.1. The van der Waals surface area contributed by atoms with Gasteiger partial charge in [0.05, 0.1) is 6.04 Å².